The number of carbonyl (C=O) groups is 1. The third-order valence-corrected chi connectivity index (χ3v) is 8.01. The number of hydrogen-bond acceptors (Lipinski definition) is 7. The Kier molecular flexibility index (Phi) is 5.99. The highest BCUT2D eigenvalue weighted by molar-refractivity contribution is 7.22. The molecule has 3 heterocycles. The van der Waals surface area contributed by atoms with Gasteiger partial charge in [0.25, 0.3) is 5.91 Å². The molecule has 39 heavy (non-hydrogen) atoms. The van der Waals surface area contributed by atoms with Gasteiger partial charge in [-0.25, -0.2) is 14.4 Å². The zero-order valence-corrected chi connectivity index (χ0v) is 21.1. The molecule has 2 atom stereocenters. The van der Waals surface area contributed by atoms with Gasteiger partial charge in [-0.2, -0.15) is 13.2 Å². The van der Waals surface area contributed by atoms with Crippen molar-refractivity contribution in [2.75, 3.05) is 18.9 Å². The van der Waals surface area contributed by atoms with Gasteiger partial charge in [0.15, 0.2) is 5.13 Å². The highest BCUT2D eigenvalue weighted by atomic mass is 32.1. The molecule has 1 fully saturated rings. The summed E-state index contributed by atoms with van der Waals surface area (Å²) in [5.41, 5.74) is 5.25. The zero-order valence-electron chi connectivity index (χ0n) is 20.3. The minimum atomic E-state index is -4.59. The number of rotatable bonds is 6. The van der Waals surface area contributed by atoms with E-state index in [1.807, 2.05) is 0 Å². The van der Waals surface area contributed by atoms with Crippen molar-refractivity contribution < 1.29 is 32.2 Å². The molecule has 0 bridgehead atoms. The van der Waals surface area contributed by atoms with E-state index >= 15 is 0 Å². The summed E-state index contributed by atoms with van der Waals surface area (Å²) in [5, 5.41) is 14.9. The molecule has 2 aliphatic rings. The summed E-state index contributed by atoms with van der Waals surface area (Å²) in [4.78, 5) is 21.7. The molecular weight excluding hydrogens is 536 g/mol. The molecule has 4 N–H and O–H groups in total. The molecule has 0 spiro atoms. The number of benzene rings is 2. The maximum atomic E-state index is 13.9. The van der Waals surface area contributed by atoms with Crippen LogP contribution in [0, 0.1) is 11.7 Å². The second kappa shape index (κ2) is 9.16. The SMILES string of the molecule is Nc1nc2ccc(C(=O)NC[C@](O)(c3cc4c(c(-c5ccc(F)cc5)n3)OC[C@H]4C(F)(F)F)C3CC3)cc2s1. The van der Waals surface area contributed by atoms with E-state index in [-0.39, 0.29) is 35.2 Å². The maximum absolute atomic E-state index is 13.9. The third-order valence-electron chi connectivity index (χ3n) is 7.17. The van der Waals surface area contributed by atoms with E-state index in [2.05, 4.69) is 15.3 Å². The molecule has 2 aromatic heterocycles. The number of thiazole rings is 1. The molecule has 12 heteroatoms. The number of amides is 1. The Hall–Kier alpha value is -3.77. The molecule has 1 saturated carbocycles. The number of aromatic nitrogens is 2. The number of alkyl halides is 3. The van der Waals surface area contributed by atoms with Crippen LogP contribution in [-0.4, -0.2) is 40.3 Å². The van der Waals surface area contributed by atoms with Gasteiger partial charge in [0, 0.05) is 16.7 Å². The smallest absolute Gasteiger partial charge is 0.399 e. The highest BCUT2D eigenvalue weighted by Gasteiger charge is 2.51. The number of nitrogens with two attached hydrogens (primary N) is 1. The van der Waals surface area contributed by atoms with E-state index in [0.29, 0.717) is 34.6 Å². The van der Waals surface area contributed by atoms with Crippen molar-refractivity contribution in [3.8, 4) is 17.0 Å². The Morgan fingerprint density at radius 1 is 1.13 bits per heavy atom. The normalized spacial score (nSPS) is 18.4. The van der Waals surface area contributed by atoms with E-state index in [9.17, 15) is 27.5 Å². The Morgan fingerprint density at radius 2 is 1.87 bits per heavy atom. The van der Waals surface area contributed by atoms with Crippen molar-refractivity contribution in [1.82, 2.24) is 15.3 Å². The first-order valence-corrected chi connectivity index (χ1v) is 13.0. The first kappa shape index (κ1) is 25.5. The van der Waals surface area contributed by atoms with Crippen molar-refractivity contribution in [3.05, 3.63) is 71.2 Å². The van der Waals surface area contributed by atoms with Gasteiger partial charge in [0.1, 0.15) is 35.4 Å². The van der Waals surface area contributed by atoms with Crippen molar-refractivity contribution >= 4 is 32.6 Å². The first-order chi connectivity index (χ1) is 18.5. The number of aliphatic hydroxyl groups is 1. The van der Waals surface area contributed by atoms with Crippen LogP contribution in [0.5, 0.6) is 5.75 Å². The number of fused-ring (bicyclic) bond motifs is 2. The Labute approximate surface area is 223 Å². The van der Waals surface area contributed by atoms with Crippen LogP contribution < -0.4 is 15.8 Å². The molecule has 1 amide bonds. The van der Waals surface area contributed by atoms with Crippen LogP contribution in [0.25, 0.3) is 21.5 Å². The lowest BCUT2D eigenvalue weighted by Crippen LogP contribution is -2.43. The summed E-state index contributed by atoms with van der Waals surface area (Å²) < 4.78 is 61.5. The Morgan fingerprint density at radius 3 is 2.56 bits per heavy atom. The quantitative estimate of drug-likeness (QED) is 0.283. The average molecular weight is 559 g/mol. The number of nitrogens with zero attached hydrogens (tertiary/aromatic N) is 2. The van der Waals surface area contributed by atoms with Crippen LogP contribution >= 0.6 is 11.3 Å². The van der Waals surface area contributed by atoms with Gasteiger partial charge in [-0.15, -0.1) is 0 Å². The van der Waals surface area contributed by atoms with Crippen LogP contribution in [0.1, 0.15) is 40.4 Å². The van der Waals surface area contributed by atoms with Gasteiger partial charge in [0.05, 0.1) is 22.5 Å². The molecule has 0 radical (unpaired) electrons. The summed E-state index contributed by atoms with van der Waals surface area (Å²) in [6, 6.07) is 11.3. The summed E-state index contributed by atoms with van der Waals surface area (Å²) in [5.74, 6) is -3.27. The predicted molar refractivity (Wildman–Crippen MR) is 137 cm³/mol. The van der Waals surface area contributed by atoms with Crippen LogP contribution in [0.3, 0.4) is 0 Å². The molecule has 4 aromatic rings. The van der Waals surface area contributed by atoms with Crippen molar-refractivity contribution in [2.45, 2.75) is 30.5 Å². The lowest BCUT2D eigenvalue weighted by atomic mass is 9.88. The largest absolute Gasteiger partial charge is 0.490 e. The number of nitrogen functional groups attached to an aromatic ring is 1. The number of anilines is 1. The lowest BCUT2D eigenvalue weighted by molar-refractivity contribution is -0.151. The number of halogens is 4. The molecule has 1 aliphatic heterocycles. The van der Waals surface area contributed by atoms with Crippen LogP contribution in [-0.2, 0) is 5.60 Å². The van der Waals surface area contributed by atoms with Crippen LogP contribution in [0.4, 0.5) is 22.7 Å². The summed E-state index contributed by atoms with van der Waals surface area (Å²) in [6.07, 6.45) is -3.36. The van der Waals surface area contributed by atoms with Crippen molar-refractivity contribution in [2.24, 2.45) is 5.92 Å². The number of ether oxygens (including phenoxy) is 1. The van der Waals surface area contributed by atoms with Crippen molar-refractivity contribution in [3.63, 3.8) is 0 Å². The molecule has 202 valence electrons. The molecule has 0 unspecified atom stereocenters. The summed E-state index contributed by atoms with van der Waals surface area (Å²) >= 11 is 1.23. The Balaban J connectivity index is 1.37. The molecular formula is C27H22F4N4O3S. The standard InChI is InChI=1S/C27H22F4N4O3S/c28-16-6-1-13(2-7-16)22-23-17(18(11-38-23)27(29,30)31)10-21(35-22)26(37,15-4-5-15)12-33-24(36)14-3-8-19-20(9-14)39-25(32)34-19/h1-3,6-10,15,18,37H,4-5,11-12H2,(H2,32,34)(H,33,36)/t18-,26-/m1/s1. The third kappa shape index (κ3) is 4.67. The molecule has 6 rings (SSSR count). The fraction of sp³-hybridized carbons (Fsp3) is 0.296. The van der Waals surface area contributed by atoms with E-state index in [0.717, 1.165) is 4.70 Å². The topological polar surface area (TPSA) is 110 Å². The van der Waals surface area contributed by atoms with E-state index < -0.39 is 36.0 Å². The van der Waals surface area contributed by atoms with Crippen LogP contribution in [0.2, 0.25) is 0 Å². The minimum absolute atomic E-state index is 0.00573. The van der Waals surface area contributed by atoms with Gasteiger partial charge in [-0.1, -0.05) is 11.3 Å². The Bertz CT molecular complexity index is 1590. The lowest BCUT2D eigenvalue weighted by Gasteiger charge is -2.29. The highest BCUT2D eigenvalue weighted by Crippen LogP contribution is 2.51. The first-order valence-electron chi connectivity index (χ1n) is 12.2. The monoisotopic (exact) mass is 558 g/mol. The van der Waals surface area contributed by atoms with Gasteiger partial charge in [-0.3, -0.25) is 4.79 Å². The molecule has 0 saturated heterocycles. The molecule has 2 aromatic carbocycles. The van der Waals surface area contributed by atoms with Crippen molar-refractivity contribution in [1.29, 1.82) is 0 Å². The van der Waals surface area contributed by atoms with E-state index in [1.54, 1.807) is 18.2 Å². The second-order valence-electron chi connectivity index (χ2n) is 9.80. The van der Waals surface area contributed by atoms with Gasteiger partial charge in [-0.05, 0) is 67.3 Å². The maximum Gasteiger partial charge on any atom is 0.399 e. The number of hydrogen-bond donors (Lipinski definition) is 3. The average Bonchev–Trinajstić information content (AvgIpc) is 3.55. The second-order valence-corrected chi connectivity index (χ2v) is 10.9. The molecule has 7 nitrogen and oxygen atoms in total. The van der Waals surface area contributed by atoms with Gasteiger partial charge < -0.3 is 20.9 Å². The fourth-order valence-electron chi connectivity index (χ4n) is 4.92. The fourth-order valence-corrected chi connectivity index (χ4v) is 5.70. The number of pyridine rings is 1. The van der Waals surface area contributed by atoms with Gasteiger partial charge >= 0.3 is 6.18 Å². The van der Waals surface area contributed by atoms with E-state index in [1.165, 1.54) is 41.7 Å². The van der Waals surface area contributed by atoms with Crippen LogP contribution in [0.15, 0.2) is 48.5 Å². The zero-order chi connectivity index (χ0) is 27.5. The van der Waals surface area contributed by atoms with E-state index in [4.69, 9.17) is 10.5 Å². The number of carbonyl (C=O) groups excluding carboxylic acids is 1. The minimum Gasteiger partial charge on any atom is -0.490 e. The summed E-state index contributed by atoms with van der Waals surface area (Å²) in [6.45, 7) is -0.896. The van der Waals surface area contributed by atoms with Gasteiger partial charge in [0.2, 0.25) is 0 Å². The summed E-state index contributed by atoms with van der Waals surface area (Å²) in [7, 11) is 0. The predicted octanol–water partition coefficient (Wildman–Crippen LogP) is 5.15. The molecule has 1 aliphatic carbocycles. The number of nitrogens with one attached hydrogen (secondary N) is 1.